The topological polar surface area (TPSA) is 53.5 Å². The summed E-state index contributed by atoms with van der Waals surface area (Å²) in [6.07, 6.45) is 0.499. The third-order valence-corrected chi connectivity index (χ3v) is 3.50. The van der Waals surface area contributed by atoms with Gasteiger partial charge in [-0.05, 0) is 19.1 Å². The number of aliphatic imine (C=N–C) groups is 1. The van der Waals surface area contributed by atoms with Crippen molar-refractivity contribution < 1.29 is 4.79 Å². The smallest absolute Gasteiger partial charge is 0.225 e. The molecule has 18 heavy (non-hydrogen) atoms. The van der Waals surface area contributed by atoms with Crippen LogP contribution in [-0.4, -0.2) is 29.9 Å². The van der Waals surface area contributed by atoms with Crippen LogP contribution in [-0.2, 0) is 4.79 Å². The summed E-state index contributed by atoms with van der Waals surface area (Å²) in [4.78, 5) is 15.9. The fraction of sp³-hybridized carbons (Fsp3) is 0.385. The normalized spacial score (nSPS) is 13.9. The lowest BCUT2D eigenvalue weighted by Gasteiger charge is -2.05. The molecule has 0 bridgehead atoms. The van der Waals surface area contributed by atoms with Crippen LogP contribution >= 0.6 is 11.8 Å². The zero-order chi connectivity index (χ0) is 12.8. The van der Waals surface area contributed by atoms with Gasteiger partial charge < -0.3 is 10.6 Å². The van der Waals surface area contributed by atoms with Gasteiger partial charge in [0.2, 0.25) is 5.91 Å². The van der Waals surface area contributed by atoms with Crippen LogP contribution in [0.25, 0.3) is 0 Å². The van der Waals surface area contributed by atoms with Gasteiger partial charge in [-0.2, -0.15) is 0 Å². The molecule has 0 atom stereocenters. The number of carbonyl (C=O) groups is 1. The van der Waals surface area contributed by atoms with Crippen LogP contribution in [0.2, 0.25) is 0 Å². The number of hydrogen-bond donors (Lipinski definition) is 2. The first kappa shape index (κ1) is 13.0. The number of anilines is 1. The molecule has 0 unspecified atom stereocenters. The van der Waals surface area contributed by atoms with Crippen molar-refractivity contribution in [2.45, 2.75) is 13.3 Å². The van der Waals surface area contributed by atoms with Gasteiger partial charge in [-0.15, -0.1) is 0 Å². The Morgan fingerprint density at radius 1 is 1.44 bits per heavy atom. The van der Waals surface area contributed by atoms with Gasteiger partial charge in [0.05, 0.1) is 6.54 Å². The summed E-state index contributed by atoms with van der Waals surface area (Å²) in [7, 11) is 0. The second-order valence-electron chi connectivity index (χ2n) is 4.13. The maximum absolute atomic E-state index is 11.7. The number of carbonyl (C=O) groups excluding carboxylic acids is 1. The van der Waals surface area contributed by atoms with Crippen molar-refractivity contribution in [1.29, 1.82) is 0 Å². The molecule has 96 valence electrons. The lowest BCUT2D eigenvalue weighted by molar-refractivity contribution is -0.115. The lowest BCUT2D eigenvalue weighted by Crippen LogP contribution is -2.17. The Morgan fingerprint density at radius 2 is 2.22 bits per heavy atom. The van der Waals surface area contributed by atoms with Crippen molar-refractivity contribution >= 4 is 28.5 Å². The first-order valence-electron chi connectivity index (χ1n) is 6.02. The number of amides is 1. The molecular weight excluding hydrogens is 246 g/mol. The number of amidine groups is 1. The maximum Gasteiger partial charge on any atom is 0.225 e. The highest BCUT2D eigenvalue weighted by molar-refractivity contribution is 8.13. The summed E-state index contributed by atoms with van der Waals surface area (Å²) >= 11 is 1.60. The first-order chi connectivity index (χ1) is 8.74. The van der Waals surface area contributed by atoms with Crippen molar-refractivity contribution in [3.05, 3.63) is 29.8 Å². The Hall–Kier alpha value is -1.49. The first-order valence-corrected chi connectivity index (χ1v) is 7.00. The second kappa shape index (κ2) is 6.44. The van der Waals surface area contributed by atoms with Gasteiger partial charge in [0, 0.05) is 24.4 Å². The van der Waals surface area contributed by atoms with E-state index in [1.807, 2.05) is 31.2 Å². The molecule has 0 aromatic heterocycles. The molecule has 1 aliphatic rings. The van der Waals surface area contributed by atoms with Crippen molar-refractivity contribution in [3.8, 4) is 0 Å². The van der Waals surface area contributed by atoms with Crippen LogP contribution in [0.4, 0.5) is 5.69 Å². The summed E-state index contributed by atoms with van der Waals surface area (Å²) in [5.74, 6) is 0.800. The minimum atomic E-state index is 0.0463. The summed E-state index contributed by atoms with van der Waals surface area (Å²) < 4.78 is 0. The molecule has 4 nitrogen and oxygen atoms in total. The third kappa shape index (κ3) is 4.07. The molecule has 1 amide bonds. The van der Waals surface area contributed by atoms with E-state index in [0.29, 0.717) is 6.42 Å². The van der Waals surface area contributed by atoms with Crippen molar-refractivity contribution in [3.63, 3.8) is 0 Å². The zero-order valence-electron chi connectivity index (χ0n) is 10.4. The Kier molecular flexibility index (Phi) is 4.64. The summed E-state index contributed by atoms with van der Waals surface area (Å²) in [5.41, 5.74) is 2.04. The van der Waals surface area contributed by atoms with Crippen LogP contribution in [0.3, 0.4) is 0 Å². The number of thioether (sulfide) groups is 1. The lowest BCUT2D eigenvalue weighted by atomic mass is 10.2. The monoisotopic (exact) mass is 263 g/mol. The highest BCUT2D eigenvalue weighted by atomic mass is 32.2. The van der Waals surface area contributed by atoms with Crippen LogP contribution in [0.1, 0.15) is 12.0 Å². The standard InChI is InChI=1S/C13H17N3OS/c1-10-2-4-11(5-3-10)16-12(17)6-9-18-13-14-7-8-15-13/h2-5H,6-9H2,1H3,(H,14,15)(H,16,17). The zero-order valence-corrected chi connectivity index (χ0v) is 11.2. The van der Waals surface area contributed by atoms with Crippen molar-refractivity contribution in [2.24, 2.45) is 4.99 Å². The fourth-order valence-electron chi connectivity index (χ4n) is 1.57. The average molecular weight is 263 g/mol. The molecule has 2 N–H and O–H groups in total. The van der Waals surface area contributed by atoms with Gasteiger partial charge in [0.1, 0.15) is 0 Å². The number of nitrogens with zero attached hydrogens (tertiary/aromatic N) is 1. The minimum absolute atomic E-state index is 0.0463. The molecule has 0 fully saturated rings. The van der Waals surface area contributed by atoms with E-state index < -0.39 is 0 Å². The van der Waals surface area contributed by atoms with Crippen LogP contribution < -0.4 is 10.6 Å². The molecule has 1 heterocycles. The van der Waals surface area contributed by atoms with Crippen molar-refractivity contribution in [2.75, 3.05) is 24.2 Å². The highest BCUT2D eigenvalue weighted by Crippen LogP contribution is 2.11. The van der Waals surface area contributed by atoms with Gasteiger partial charge in [-0.1, -0.05) is 29.5 Å². The third-order valence-electron chi connectivity index (χ3n) is 2.55. The van der Waals surface area contributed by atoms with Gasteiger partial charge in [0.25, 0.3) is 0 Å². The fourth-order valence-corrected chi connectivity index (χ4v) is 2.44. The molecule has 1 aliphatic heterocycles. The molecule has 0 spiro atoms. The predicted octanol–water partition coefficient (Wildman–Crippen LogP) is 2.02. The van der Waals surface area contributed by atoms with E-state index in [2.05, 4.69) is 15.6 Å². The van der Waals surface area contributed by atoms with Crippen LogP contribution in [0, 0.1) is 6.92 Å². The molecule has 0 saturated heterocycles. The van der Waals surface area contributed by atoms with E-state index in [-0.39, 0.29) is 5.91 Å². The van der Waals surface area contributed by atoms with Gasteiger partial charge >= 0.3 is 0 Å². The van der Waals surface area contributed by atoms with Crippen LogP contribution in [0.5, 0.6) is 0 Å². The van der Waals surface area contributed by atoms with Gasteiger partial charge in [-0.3, -0.25) is 9.79 Å². The Balaban J connectivity index is 1.70. The molecule has 2 rings (SSSR count). The molecule has 0 saturated carbocycles. The SMILES string of the molecule is Cc1ccc(NC(=O)CCSC2=NCCN2)cc1. The van der Waals surface area contributed by atoms with Crippen molar-refractivity contribution in [1.82, 2.24) is 5.32 Å². The largest absolute Gasteiger partial charge is 0.363 e. The van der Waals surface area contributed by atoms with E-state index >= 15 is 0 Å². The van der Waals surface area contributed by atoms with E-state index in [1.54, 1.807) is 11.8 Å². The number of rotatable bonds is 4. The van der Waals surface area contributed by atoms with E-state index in [9.17, 15) is 4.79 Å². The van der Waals surface area contributed by atoms with E-state index in [4.69, 9.17) is 0 Å². The number of nitrogens with one attached hydrogen (secondary N) is 2. The Labute approximate surface area is 111 Å². The molecule has 5 heteroatoms. The second-order valence-corrected chi connectivity index (χ2v) is 5.21. The van der Waals surface area contributed by atoms with Crippen LogP contribution in [0.15, 0.2) is 29.3 Å². The molecule has 1 aromatic rings. The quantitative estimate of drug-likeness (QED) is 0.874. The summed E-state index contributed by atoms with van der Waals surface area (Å²) in [5, 5.41) is 7.01. The number of hydrogen-bond acceptors (Lipinski definition) is 4. The molecule has 1 aromatic carbocycles. The Bertz CT molecular complexity index is 442. The summed E-state index contributed by atoms with van der Waals surface area (Å²) in [6, 6.07) is 7.81. The molecule has 0 aliphatic carbocycles. The van der Waals surface area contributed by atoms with E-state index in [1.165, 1.54) is 5.56 Å². The summed E-state index contributed by atoms with van der Waals surface area (Å²) in [6.45, 7) is 3.79. The highest BCUT2D eigenvalue weighted by Gasteiger charge is 2.07. The number of benzene rings is 1. The average Bonchev–Trinajstić information content (AvgIpc) is 2.85. The van der Waals surface area contributed by atoms with Gasteiger partial charge in [-0.25, -0.2) is 0 Å². The molecule has 0 radical (unpaired) electrons. The Morgan fingerprint density at radius 3 is 2.89 bits per heavy atom. The number of aryl methyl sites for hydroxylation is 1. The maximum atomic E-state index is 11.7. The molecular formula is C13H17N3OS. The van der Waals surface area contributed by atoms with Gasteiger partial charge in [0.15, 0.2) is 5.17 Å². The predicted molar refractivity (Wildman–Crippen MR) is 77.2 cm³/mol. The van der Waals surface area contributed by atoms with E-state index in [0.717, 1.165) is 29.7 Å². The minimum Gasteiger partial charge on any atom is -0.363 e.